The number of hydrogen-bond donors (Lipinski definition) is 1. The molecule has 0 amide bonds. The Labute approximate surface area is 131 Å². The van der Waals surface area contributed by atoms with E-state index in [-0.39, 0.29) is 4.90 Å². The van der Waals surface area contributed by atoms with E-state index >= 15 is 0 Å². The van der Waals surface area contributed by atoms with Gasteiger partial charge in [-0.25, -0.2) is 13.1 Å². The number of aromatic nitrogens is 1. The van der Waals surface area contributed by atoms with E-state index in [1.165, 1.54) is 7.11 Å². The number of rotatable bonds is 7. The van der Waals surface area contributed by atoms with Crippen molar-refractivity contribution in [2.75, 3.05) is 13.7 Å². The van der Waals surface area contributed by atoms with E-state index in [0.717, 1.165) is 17.5 Å². The Bertz CT molecular complexity index is 715. The quantitative estimate of drug-likeness (QED) is 0.795. The Morgan fingerprint density at radius 3 is 2.77 bits per heavy atom. The molecule has 1 aromatic carbocycles. The van der Waals surface area contributed by atoms with Crippen LogP contribution in [0.15, 0.2) is 47.6 Å². The number of sulfonamides is 1. The maximum atomic E-state index is 12.4. The van der Waals surface area contributed by atoms with Gasteiger partial charge in [0.25, 0.3) is 0 Å². The highest BCUT2D eigenvalue weighted by Gasteiger charge is 2.18. The Morgan fingerprint density at radius 1 is 1.27 bits per heavy atom. The summed E-state index contributed by atoms with van der Waals surface area (Å²) in [5.41, 5.74) is 1.96. The van der Waals surface area contributed by atoms with Crippen LogP contribution in [-0.4, -0.2) is 27.1 Å². The summed E-state index contributed by atoms with van der Waals surface area (Å²) in [6, 6.07) is 8.95. The number of methoxy groups -OCH3 is 1. The minimum absolute atomic E-state index is 0.177. The molecule has 5 nitrogen and oxygen atoms in total. The molecule has 1 aromatic heterocycles. The molecule has 0 saturated heterocycles. The number of hydrogen-bond acceptors (Lipinski definition) is 4. The third kappa shape index (κ3) is 4.29. The lowest BCUT2D eigenvalue weighted by atomic mass is 10.2. The molecule has 22 heavy (non-hydrogen) atoms. The van der Waals surface area contributed by atoms with Crippen molar-refractivity contribution >= 4 is 10.0 Å². The first-order valence-electron chi connectivity index (χ1n) is 7.06. The molecule has 1 heterocycles. The van der Waals surface area contributed by atoms with Crippen LogP contribution < -0.4 is 9.46 Å². The molecule has 0 bridgehead atoms. The summed E-state index contributed by atoms with van der Waals surface area (Å²) in [7, 11) is -2.11. The second-order valence-corrected chi connectivity index (χ2v) is 6.75. The standard InChI is InChI=1S/C16H20N2O3S/c1-13-7-8-15(21-2)16(11-13)22(19,20)18-10-4-6-14-5-3-9-17-12-14/h3,5,7-9,11-12,18H,4,6,10H2,1-2H3. The highest BCUT2D eigenvalue weighted by atomic mass is 32.2. The van der Waals surface area contributed by atoms with E-state index in [1.54, 1.807) is 24.5 Å². The fourth-order valence-electron chi connectivity index (χ4n) is 2.12. The molecule has 0 unspecified atom stereocenters. The normalized spacial score (nSPS) is 11.4. The zero-order chi connectivity index (χ0) is 16.0. The Balaban J connectivity index is 1.98. The van der Waals surface area contributed by atoms with Crippen molar-refractivity contribution < 1.29 is 13.2 Å². The van der Waals surface area contributed by atoms with E-state index in [1.807, 2.05) is 25.1 Å². The van der Waals surface area contributed by atoms with Gasteiger partial charge in [-0.15, -0.1) is 0 Å². The SMILES string of the molecule is COc1ccc(C)cc1S(=O)(=O)NCCCc1cccnc1. The van der Waals surface area contributed by atoms with Gasteiger partial charge in [-0.2, -0.15) is 0 Å². The summed E-state index contributed by atoms with van der Waals surface area (Å²) >= 11 is 0. The van der Waals surface area contributed by atoms with Gasteiger partial charge in [-0.05, 0) is 49.1 Å². The second kappa shape index (κ2) is 7.38. The summed E-state index contributed by atoms with van der Waals surface area (Å²) in [6.07, 6.45) is 4.99. The molecular weight excluding hydrogens is 300 g/mol. The fraction of sp³-hybridized carbons (Fsp3) is 0.312. The third-order valence-electron chi connectivity index (χ3n) is 3.27. The van der Waals surface area contributed by atoms with Crippen LogP contribution in [0.25, 0.3) is 0 Å². The van der Waals surface area contributed by atoms with Crippen molar-refractivity contribution in [1.29, 1.82) is 0 Å². The van der Waals surface area contributed by atoms with Crippen molar-refractivity contribution in [3.8, 4) is 5.75 Å². The number of benzene rings is 1. The molecule has 0 spiro atoms. The molecule has 0 saturated carbocycles. The lowest BCUT2D eigenvalue weighted by Crippen LogP contribution is -2.25. The highest BCUT2D eigenvalue weighted by molar-refractivity contribution is 7.89. The largest absolute Gasteiger partial charge is 0.495 e. The van der Waals surface area contributed by atoms with Crippen LogP contribution in [0.2, 0.25) is 0 Å². The van der Waals surface area contributed by atoms with Crippen LogP contribution in [0.5, 0.6) is 5.75 Å². The van der Waals surface area contributed by atoms with Crippen LogP contribution in [0.4, 0.5) is 0 Å². The van der Waals surface area contributed by atoms with Gasteiger partial charge in [0, 0.05) is 18.9 Å². The van der Waals surface area contributed by atoms with Crippen LogP contribution in [-0.2, 0) is 16.4 Å². The van der Waals surface area contributed by atoms with Gasteiger partial charge in [0.2, 0.25) is 10.0 Å². The lowest BCUT2D eigenvalue weighted by Gasteiger charge is -2.11. The topological polar surface area (TPSA) is 68.3 Å². The molecule has 2 rings (SSSR count). The predicted octanol–water partition coefficient (Wildman–Crippen LogP) is 2.31. The van der Waals surface area contributed by atoms with Crippen molar-refractivity contribution in [1.82, 2.24) is 9.71 Å². The zero-order valence-corrected chi connectivity index (χ0v) is 13.6. The van der Waals surface area contributed by atoms with E-state index in [9.17, 15) is 8.42 Å². The highest BCUT2D eigenvalue weighted by Crippen LogP contribution is 2.24. The number of aryl methyl sites for hydroxylation is 2. The average molecular weight is 320 g/mol. The first kappa shape index (κ1) is 16.5. The summed E-state index contributed by atoms with van der Waals surface area (Å²) in [5.74, 6) is 0.352. The van der Waals surface area contributed by atoms with Gasteiger partial charge in [-0.1, -0.05) is 12.1 Å². The predicted molar refractivity (Wildman–Crippen MR) is 85.5 cm³/mol. The third-order valence-corrected chi connectivity index (χ3v) is 4.75. The first-order valence-corrected chi connectivity index (χ1v) is 8.54. The van der Waals surface area contributed by atoms with Gasteiger partial charge in [0.15, 0.2) is 0 Å². The molecule has 0 radical (unpaired) electrons. The van der Waals surface area contributed by atoms with Gasteiger partial charge < -0.3 is 4.74 Å². The number of pyridine rings is 1. The molecule has 6 heteroatoms. The molecule has 0 aliphatic heterocycles. The molecular formula is C16H20N2O3S. The summed E-state index contributed by atoms with van der Waals surface area (Å²) in [5, 5.41) is 0. The van der Waals surface area contributed by atoms with E-state index in [0.29, 0.717) is 18.7 Å². The van der Waals surface area contributed by atoms with Crippen LogP contribution >= 0.6 is 0 Å². The maximum absolute atomic E-state index is 12.4. The maximum Gasteiger partial charge on any atom is 0.244 e. The minimum Gasteiger partial charge on any atom is -0.495 e. The first-order chi connectivity index (χ1) is 10.5. The number of nitrogens with one attached hydrogen (secondary N) is 1. The van der Waals surface area contributed by atoms with Crippen LogP contribution in [0.1, 0.15) is 17.5 Å². The van der Waals surface area contributed by atoms with Crippen molar-refractivity contribution in [3.63, 3.8) is 0 Å². The van der Waals surface area contributed by atoms with Gasteiger partial charge in [0.05, 0.1) is 7.11 Å². The second-order valence-electron chi connectivity index (χ2n) is 5.02. The van der Waals surface area contributed by atoms with E-state index in [2.05, 4.69) is 9.71 Å². The molecule has 1 N–H and O–H groups in total. The number of ether oxygens (including phenoxy) is 1. The zero-order valence-electron chi connectivity index (χ0n) is 12.7. The summed E-state index contributed by atoms with van der Waals surface area (Å²) in [4.78, 5) is 4.21. The van der Waals surface area contributed by atoms with Crippen LogP contribution in [0, 0.1) is 6.92 Å². The summed E-state index contributed by atoms with van der Waals surface area (Å²) in [6.45, 7) is 2.22. The van der Waals surface area contributed by atoms with E-state index < -0.39 is 10.0 Å². The molecule has 118 valence electrons. The molecule has 2 aromatic rings. The minimum atomic E-state index is -3.57. The Hall–Kier alpha value is -1.92. The monoisotopic (exact) mass is 320 g/mol. The van der Waals surface area contributed by atoms with Crippen LogP contribution in [0.3, 0.4) is 0 Å². The van der Waals surface area contributed by atoms with Gasteiger partial charge in [-0.3, -0.25) is 4.98 Å². The van der Waals surface area contributed by atoms with E-state index in [4.69, 9.17) is 4.74 Å². The Morgan fingerprint density at radius 2 is 2.09 bits per heavy atom. The van der Waals surface area contributed by atoms with Crippen molar-refractivity contribution in [3.05, 3.63) is 53.9 Å². The number of nitrogens with zero attached hydrogens (tertiary/aromatic N) is 1. The Kier molecular flexibility index (Phi) is 5.51. The van der Waals surface area contributed by atoms with Crippen molar-refractivity contribution in [2.45, 2.75) is 24.7 Å². The van der Waals surface area contributed by atoms with Gasteiger partial charge in [0.1, 0.15) is 10.6 Å². The van der Waals surface area contributed by atoms with Gasteiger partial charge >= 0.3 is 0 Å². The molecule has 0 aliphatic rings. The van der Waals surface area contributed by atoms with Crippen molar-refractivity contribution in [2.24, 2.45) is 0 Å². The lowest BCUT2D eigenvalue weighted by molar-refractivity contribution is 0.402. The smallest absolute Gasteiger partial charge is 0.244 e. The molecule has 0 fully saturated rings. The average Bonchev–Trinajstić information content (AvgIpc) is 2.52. The summed E-state index contributed by atoms with van der Waals surface area (Å²) < 4.78 is 32.5. The molecule has 0 atom stereocenters. The fourth-order valence-corrected chi connectivity index (χ4v) is 3.44. The molecule has 0 aliphatic carbocycles.